The Labute approximate surface area is 190 Å². The second-order valence-electron chi connectivity index (χ2n) is 7.25. The monoisotopic (exact) mass is 473 g/mol. The standard InChI is InChI=1S/C22H23N3O5S2/c1-14(26)23-16-5-7-17(8-6-16)32(27,28)25-11-10-18-21(13-25)31-22(24-18)15-4-9-19(29-2)20(12-15)30-3/h4-9,12H,10-11,13H2,1-3H3,(H,23,26). The Bertz CT molecular complexity index is 1250. The lowest BCUT2D eigenvalue weighted by molar-refractivity contribution is -0.114. The molecule has 4 rings (SSSR count). The number of carbonyl (C=O) groups is 1. The van der Waals surface area contributed by atoms with Crippen LogP contribution in [0.2, 0.25) is 0 Å². The minimum absolute atomic E-state index is 0.194. The Kier molecular flexibility index (Phi) is 6.18. The maximum Gasteiger partial charge on any atom is 0.243 e. The van der Waals surface area contributed by atoms with E-state index in [0.717, 1.165) is 21.1 Å². The molecule has 1 aliphatic rings. The molecule has 1 N–H and O–H groups in total. The van der Waals surface area contributed by atoms with Gasteiger partial charge in [0.25, 0.3) is 0 Å². The minimum Gasteiger partial charge on any atom is -0.493 e. The summed E-state index contributed by atoms with van der Waals surface area (Å²) < 4.78 is 38.5. The lowest BCUT2D eigenvalue weighted by Crippen LogP contribution is -2.35. The van der Waals surface area contributed by atoms with E-state index >= 15 is 0 Å². The summed E-state index contributed by atoms with van der Waals surface area (Å²) in [5.41, 5.74) is 2.37. The molecule has 2 heterocycles. The lowest BCUT2D eigenvalue weighted by Gasteiger charge is -2.25. The first kappa shape index (κ1) is 22.3. The van der Waals surface area contributed by atoms with Crippen LogP contribution in [0.1, 0.15) is 17.5 Å². The molecule has 0 spiro atoms. The van der Waals surface area contributed by atoms with E-state index in [2.05, 4.69) is 5.32 Å². The van der Waals surface area contributed by atoms with Crippen LogP contribution in [0.15, 0.2) is 47.4 Å². The fourth-order valence-corrected chi connectivity index (χ4v) is 6.14. The summed E-state index contributed by atoms with van der Waals surface area (Å²) >= 11 is 1.48. The summed E-state index contributed by atoms with van der Waals surface area (Å²) in [6, 6.07) is 11.8. The Morgan fingerprint density at radius 2 is 1.81 bits per heavy atom. The molecule has 0 unspecified atom stereocenters. The first-order valence-electron chi connectivity index (χ1n) is 9.90. The Balaban J connectivity index is 1.56. The van der Waals surface area contributed by atoms with Gasteiger partial charge in [-0.25, -0.2) is 13.4 Å². The van der Waals surface area contributed by atoms with E-state index in [0.29, 0.717) is 30.2 Å². The smallest absolute Gasteiger partial charge is 0.243 e. The van der Waals surface area contributed by atoms with Crippen molar-refractivity contribution in [2.45, 2.75) is 24.8 Å². The van der Waals surface area contributed by atoms with Gasteiger partial charge in [0.1, 0.15) is 5.01 Å². The fraction of sp³-hybridized carbons (Fsp3) is 0.273. The van der Waals surface area contributed by atoms with Crippen LogP contribution in [-0.4, -0.2) is 44.4 Å². The summed E-state index contributed by atoms with van der Waals surface area (Å²) in [7, 11) is -0.493. The Morgan fingerprint density at radius 1 is 1.09 bits per heavy atom. The average molecular weight is 474 g/mol. The largest absolute Gasteiger partial charge is 0.493 e. The molecule has 0 saturated carbocycles. The highest BCUT2D eigenvalue weighted by atomic mass is 32.2. The van der Waals surface area contributed by atoms with Gasteiger partial charge in [0, 0.05) is 36.0 Å². The number of fused-ring (bicyclic) bond motifs is 1. The van der Waals surface area contributed by atoms with Crippen molar-refractivity contribution in [2.75, 3.05) is 26.1 Å². The normalized spacial score (nSPS) is 14.0. The number of sulfonamides is 1. The van der Waals surface area contributed by atoms with Crippen molar-refractivity contribution in [1.29, 1.82) is 0 Å². The number of rotatable bonds is 6. The van der Waals surface area contributed by atoms with Crippen molar-refractivity contribution >= 4 is 33.0 Å². The van der Waals surface area contributed by atoms with Gasteiger partial charge in [-0.15, -0.1) is 11.3 Å². The summed E-state index contributed by atoms with van der Waals surface area (Å²) in [5.74, 6) is 1.05. The fourth-order valence-electron chi connectivity index (χ4n) is 3.53. The van der Waals surface area contributed by atoms with Crippen LogP contribution in [0.25, 0.3) is 10.6 Å². The predicted octanol–water partition coefficient (Wildman–Crippen LogP) is 3.53. The van der Waals surface area contributed by atoms with Gasteiger partial charge in [0.05, 0.1) is 31.4 Å². The lowest BCUT2D eigenvalue weighted by atomic mass is 10.2. The van der Waals surface area contributed by atoms with Gasteiger partial charge in [0.2, 0.25) is 15.9 Å². The molecule has 0 radical (unpaired) electrons. The number of methoxy groups -OCH3 is 2. The van der Waals surface area contributed by atoms with Gasteiger partial charge in [-0.05, 0) is 42.5 Å². The van der Waals surface area contributed by atoms with Crippen molar-refractivity contribution in [3.05, 3.63) is 53.0 Å². The third-order valence-electron chi connectivity index (χ3n) is 5.14. The van der Waals surface area contributed by atoms with Crippen LogP contribution in [0.5, 0.6) is 11.5 Å². The molecule has 168 valence electrons. The van der Waals surface area contributed by atoms with Crippen molar-refractivity contribution in [3.8, 4) is 22.1 Å². The number of hydrogen-bond donors (Lipinski definition) is 1. The molecule has 8 nitrogen and oxygen atoms in total. The van der Waals surface area contributed by atoms with E-state index in [1.54, 1.807) is 26.4 Å². The molecule has 0 aliphatic carbocycles. The van der Waals surface area contributed by atoms with Crippen LogP contribution in [0.3, 0.4) is 0 Å². The SMILES string of the molecule is COc1ccc(-c2nc3c(s2)CN(S(=O)(=O)c2ccc(NC(C)=O)cc2)CC3)cc1OC. The molecule has 0 fully saturated rings. The first-order valence-corrected chi connectivity index (χ1v) is 12.2. The number of amides is 1. The third kappa shape index (κ3) is 4.34. The molecule has 2 aromatic carbocycles. The average Bonchev–Trinajstić information content (AvgIpc) is 3.22. The molecule has 0 atom stereocenters. The summed E-state index contributed by atoms with van der Waals surface area (Å²) in [4.78, 5) is 17.0. The molecular formula is C22H23N3O5S2. The van der Waals surface area contributed by atoms with E-state index in [-0.39, 0.29) is 17.3 Å². The van der Waals surface area contributed by atoms with E-state index in [4.69, 9.17) is 14.5 Å². The number of benzene rings is 2. The molecule has 0 saturated heterocycles. The van der Waals surface area contributed by atoms with Crippen LogP contribution in [-0.2, 0) is 27.8 Å². The molecule has 1 aromatic heterocycles. The number of hydrogen-bond acceptors (Lipinski definition) is 7. The van der Waals surface area contributed by atoms with Crippen molar-refractivity contribution in [1.82, 2.24) is 9.29 Å². The second kappa shape index (κ2) is 8.89. The van der Waals surface area contributed by atoms with Gasteiger partial charge in [-0.2, -0.15) is 4.31 Å². The van der Waals surface area contributed by atoms with E-state index in [1.807, 2.05) is 18.2 Å². The zero-order chi connectivity index (χ0) is 22.9. The number of thiazole rings is 1. The Morgan fingerprint density at radius 3 is 2.47 bits per heavy atom. The predicted molar refractivity (Wildman–Crippen MR) is 123 cm³/mol. The highest BCUT2D eigenvalue weighted by molar-refractivity contribution is 7.89. The highest BCUT2D eigenvalue weighted by Gasteiger charge is 2.30. The topological polar surface area (TPSA) is 97.8 Å². The van der Waals surface area contributed by atoms with Gasteiger partial charge < -0.3 is 14.8 Å². The maximum absolute atomic E-state index is 13.2. The molecular weight excluding hydrogens is 450 g/mol. The number of anilines is 1. The minimum atomic E-state index is -3.66. The van der Waals surface area contributed by atoms with E-state index in [1.165, 1.54) is 34.7 Å². The van der Waals surface area contributed by atoms with Crippen molar-refractivity contribution in [2.24, 2.45) is 0 Å². The zero-order valence-electron chi connectivity index (χ0n) is 17.9. The highest BCUT2D eigenvalue weighted by Crippen LogP contribution is 2.37. The molecule has 1 amide bonds. The van der Waals surface area contributed by atoms with Gasteiger partial charge in [0.15, 0.2) is 11.5 Å². The molecule has 3 aromatic rings. The number of ether oxygens (including phenoxy) is 2. The van der Waals surface area contributed by atoms with E-state index < -0.39 is 10.0 Å². The maximum atomic E-state index is 13.2. The van der Waals surface area contributed by atoms with Crippen molar-refractivity contribution in [3.63, 3.8) is 0 Å². The summed E-state index contributed by atoms with van der Waals surface area (Å²) in [6.07, 6.45) is 0.544. The zero-order valence-corrected chi connectivity index (χ0v) is 19.5. The molecule has 10 heteroatoms. The van der Waals surface area contributed by atoms with Crippen LogP contribution < -0.4 is 14.8 Å². The van der Waals surface area contributed by atoms with Gasteiger partial charge in [-0.1, -0.05) is 0 Å². The molecule has 32 heavy (non-hydrogen) atoms. The number of aromatic nitrogens is 1. The van der Waals surface area contributed by atoms with Crippen LogP contribution in [0.4, 0.5) is 5.69 Å². The number of nitrogens with one attached hydrogen (secondary N) is 1. The summed E-state index contributed by atoms with van der Waals surface area (Å²) in [5, 5.41) is 3.45. The third-order valence-corrected chi connectivity index (χ3v) is 8.13. The van der Waals surface area contributed by atoms with E-state index in [9.17, 15) is 13.2 Å². The van der Waals surface area contributed by atoms with Crippen LogP contribution in [0, 0.1) is 0 Å². The second-order valence-corrected chi connectivity index (χ2v) is 10.3. The van der Waals surface area contributed by atoms with Gasteiger partial charge >= 0.3 is 0 Å². The molecule has 0 bridgehead atoms. The quantitative estimate of drug-likeness (QED) is 0.588. The number of carbonyl (C=O) groups excluding carboxylic acids is 1. The molecule has 1 aliphatic heterocycles. The van der Waals surface area contributed by atoms with Gasteiger partial charge in [-0.3, -0.25) is 4.79 Å². The number of nitrogens with zero attached hydrogens (tertiary/aromatic N) is 2. The van der Waals surface area contributed by atoms with Crippen molar-refractivity contribution < 1.29 is 22.7 Å². The summed E-state index contributed by atoms with van der Waals surface area (Å²) in [6.45, 7) is 2.04. The Hall–Kier alpha value is -2.95. The van der Waals surface area contributed by atoms with Crippen LogP contribution >= 0.6 is 11.3 Å². The first-order chi connectivity index (χ1) is 15.3.